The summed E-state index contributed by atoms with van der Waals surface area (Å²) < 4.78 is 55.4. The fourth-order valence-corrected chi connectivity index (χ4v) is 9.38. The molecule has 0 aromatic heterocycles. The number of ether oxygens (including phenoxy) is 10. The molecule has 0 amide bonds. The lowest BCUT2D eigenvalue weighted by Gasteiger charge is -2.32. The van der Waals surface area contributed by atoms with Gasteiger partial charge in [-0.1, -0.05) is 12.1 Å². The molecule has 2 unspecified atom stereocenters. The van der Waals surface area contributed by atoms with E-state index in [-0.39, 0.29) is 35.9 Å². The van der Waals surface area contributed by atoms with Crippen LogP contribution in [-0.4, -0.2) is 105 Å². The monoisotopic (exact) mass is 1030 g/mol. The van der Waals surface area contributed by atoms with Crippen molar-refractivity contribution in [3.63, 3.8) is 0 Å². The standard InChI is InChI=1S/2C27H37NO6.C2H2O4/c2*1-27(2,3)34-25(29)15-19(12-17-8-9-21(30-4)22(13-17)31-5)26-20-16-24(33-7)23(32-6)14-18(20)10-11-28-26;3-1(4)2(5)6/h2*8-9,13-14,16,19,26,28H,10-12,15H2,1-7H3;(H,3,4)(H,5,6)/t2*19?,26-;/m11./s1. The summed E-state index contributed by atoms with van der Waals surface area (Å²) in [7, 11) is 13.1. The molecule has 4 N–H and O–H groups in total. The van der Waals surface area contributed by atoms with Crippen molar-refractivity contribution >= 4 is 23.9 Å². The van der Waals surface area contributed by atoms with Crippen LogP contribution in [0.5, 0.6) is 46.0 Å². The summed E-state index contributed by atoms with van der Waals surface area (Å²) in [5.74, 6) is 0.815. The van der Waals surface area contributed by atoms with Crippen molar-refractivity contribution < 1.29 is 87.4 Å². The lowest BCUT2D eigenvalue weighted by molar-refractivity contribution is -0.706. The highest BCUT2D eigenvalue weighted by Gasteiger charge is 2.37. The average Bonchev–Trinajstić information content (AvgIpc) is 3.35. The minimum Gasteiger partial charge on any atom is -0.543 e. The fourth-order valence-electron chi connectivity index (χ4n) is 9.38. The molecule has 0 aliphatic carbocycles. The minimum absolute atomic E-state index is 0.00472. The van der Waals surface area contributed by atoms with Gasteiger partial charge in [-0.15, -0.1) is 0 Å². The van der Waals surface area contributed by atoms with E-state index in [1.165, 1.54) is 22.3 Å². The van der Waals surface area contributed by atoms with E-state index in [1.807, 2.05) is 77.9 Å². The molecule has 4 aromatic carbocycles. The van der Waals surface area contributed by atoms with E-state index in [2.05, 4.69) is 34.9 Å². The predicted octanol–water partition coefficient (Wildman–Crippen LogP) is 3.43. The second-order valence-electron chi connectivity index (χ2n) is 19.9. The molecule has 2 aliphatic heterocycles. The Kier molecular flexibility index (Phi) is 22.1. The van der Waals surface area contributed by atoms with Crippen LogP contribution in [0.3, 0.4) is 0 Å². The molecule has 6 rings (SSSR count). The van der Waals surface area contributed by atoms with Crippen molar-refractivity contribution in [2.24, 2.45) is 11.8 Å². The SMILES string of the molecule is COc1ccc(CC(CC(=O)OC(C)(C)C)[C@H]2[NH2+]CCc3cc(OC)c(OC)cc32)cc1OC.COc1ccc(CC(CC(=O)OC(C)(C)C)[C@H]2[NH2+]CCc3cc(OC)c(OC)cc32)cc1OC.O=C([O-])C(=O)[O-]. The normalized spacial score (nSPS) is 15.5. The number of carbonyl (C=O) groups is 4. The first kappa shape index (κ1) is 59.6. The summed E-state index contributed by atoms with van der Waals surface area (Å²) >= 11 is 0. The molecular formula is C56H76N2O16. The summed E-state index contributed by atoms with van der Waals surface area (Å²) in [5, 5.41) is 22.5. The maximum atomic E-state index is 12.9. The van der Waals surface area contributed by atoms with E-state index >= 15 is 0 Å². The Bertz CT molecular complexity index is 2360. The van der Waals surface area contributed by atoms with E-state index in [9.17, 15) is 9.59 Å². The maximum absolute atomic E-state index is 12.9. The number of carbonyl (C=O) groups excluding carboxylic acids is 4. The van der Waals surface area contributed by atoms with Gasteiger partial charge in [0.15, 0.2) is 46.0 Å². The van der Waals surface area contributed by atoms with E-state index in [4.69, 9.17) is 67.2 Å². The molecule has 2 aliphatic rings. The van der Waals surface area contributed by atoms with Crippen molar-refractivity contribution in [2.75, 3.05) is 70.0 Å². The number of hydrogen-bond donors (Lipinski definition) is 2. The lowest BCUT2D eigenvalue weighted by atomic mass is 9.81. The van der Waals surface area contributed by atoms with Crippen LogP contribution in [-0.2, 0) is 54.3 Å². The molecule has 0 bridgehead atoms. The maximum Gasteiger partial charge on any atom is 0.306 e. The predicted molar refractivity (Wildman–Crippen MR) is 270 cm³/mol. The topological polar surface area (TPSA) is 240 Å². The van der Waals surface area contributed by atoms with Crippen LogP contribution in [0.2, 0.25) is 0 Å². The van der Waals surface area contributed by atoms with Gasteiger partial charge in [-0.2, -0.15) is 0 Å². The second kappa shape index (κ2) is 27.4. The van der Waals surface area contributed by atoms with Gasteiger partial charge >= 0.3 is 11.9 Å². The molecular weight excluding hydrogens is 957 g/mol. The van der Waals surface area contributed by atoms with Crippen LogP contribution < -0.4 is 58.7 Å². The van der Waals surface area contributed by atoms with Gasteiger partial charge < -0.3 is 77.8 Å². The molecule has 0 radical (unpaired) electrons. The number of quaternary nitrogens is 2. The number of aliphatic carboxylic acids is 2. The molecule has 74 heavy (non-hydrogen) atoms. The van der Waals surface area contributed by atoms with Gasteiger partial charge in [0.25, 0.3) is 0 Å². The fraction of sp³-hybridized carbons (Fsp3) is 0.500. The van der Waals surface area contributed by atoms with Crippen molar-refractivity contribution in [3.05, 3.63) is 94.0 Å². The van der Waals surface area contributed by atoms with Gasteiger partial charge in [0.1, 0.15) is 23.3 Å². The second-order valence-corrected chi connectivity index (χ2v) is 19.9. The van der Waals surface area contributed by atoms with Crippen molar-refractivity contribution in [1.82, 2.24) is 0 Å². The molecule has 2 heterocycles. The number of methoxy groups -OCH3 is 8. The first-order chi connectivity index (χ1) is 35.0. The Hall–Kier alpha value is -6.92. The van der Waals surface area contributed by atoms with Gasteiger partial charge in [0.2, 0.25) is 0 Å². The first-order valence-electron chi connectivity index (χ1n) is 24.5. The molecule has 0 saturated heterocycles. The Morgan fingerprint density at radius 1 is 0.473 bits per heavy atom. The average molecular weight is 1030 g/mol. The largest absolute Gasteiger partial charge is 0.543 e. The van der Waals surface area contributed by atoms with Gasteiger partial charge in [-0.05, 0) is 125 Å². The minimum atomic E-state index is -2.19. The molecule has 4 aromatic rings. The summed E-state index contributed by atoms with van der Waals surface area (Å²) in [6.45, 7) is 13.2. The Balaban J connectivity index is 0.000000289. The number of carboxylic acid groups (broad SMARTS) is 2. The summed E-state index contributed by atoms with van der Waals surface area (Å²) in [4.78, 5) is 43.7. The molecule has 4 atom stereocenters. The van der Waals surface area contributed by atoms with Crippen LogP contribution in [0.1, 0.15) is 99.8 Å². The van der Waals surface area contributed by atoms with Gasteiger partial charge in [0, 0.05) is 35.8 Å². The van der Waals surface area contributed by atoms with E-state index in [0.717, 1.165) is 48.6 Å². The Labute approximate surface area is 435 Å². The van der Waals surface area contributed by atoms with Crippen LogP contribution in [0.4, 0.5) is 0 Å². The molecule has 0 fully saturated rings. The van der Waals surface area contributed by atoms with E-state index in [0.29, 0.717) is 60.2 Å². The van der Waals surface area contributed by atoms with Crippen molar-refractivity contribution in [3.8, 4) is 46.0 Å². The first-order valence-corrected chi connectivity index (χ1v) is 24.5. The zero-order valence-corrected chi connectivity index (χ0v) is 45.4. The number of fused-ring (bicyclic) bond motifs is 2. The summed E-state index contributed by atoms with van der Waals surface area (Å²) in [6.07, 6.45) is 3.85. The van der Waals surface area contributed by atoms with E-state index < -0.39 is 23.1 Å². The van der Waals surface area contributed by atoms with Crippen LogP contribution in [0.25, 0.3) is 0 Å². The highest BCUT2D eigenvalue weighted by Crippen LogP contribution is 2.40. The van der Waals surface area contributed by atoms with Crippen LogP contribution in [0, 0.1) is 11.8 Å². The lowest BCUT2D eigenvalue weighted by Crippen LogP contribution is -2.88. The highest BCUT2D eigenvalue weighted by atomic mass is 16.6. The van der Waals surface area contributed by atoms with E-state index in [1.54, 1.807) is 56.9 Å². The third-order valence-corrected chi connectivity index (χ3v) is 12.4. The number of carboxylic acids is 2. The number of nitrogens with two attached hydrogens (primary N) is 2. The Morgan fingerprint density at radius 3 is 1.05 bits per heavy atom. The molecule has 18 heteroatoms. The molecule has 406 valence electrons. The third kappa shape index (κ3) is 17.1. The number of benzene rings is 4. The number of hydrogen-bond acceptors (Lipinski definition) is 16. The van der Waals surface area contributed by atoms with Crippen molar-refractivity contribution in [2.45, 2.75) is 103 Å². The van der Waals surface area contributed by atoms with Gasteiger partial charge in [0.05, 0.1) is 94.7 Å². The molecule has 18 nitrogen and oxygen atoms in total. The molecule has 0 saturated carbocycles. The quantitative estimate of drug-likeness (QED) is 0.107. The van der Waals surface area contributed by atoms with Crippen LogP contribution in [0.15, 0.2) is 60.7 Å². The third-order valence-electron chi connectivity index (χ3n) is 12.4. The van der Waals surface area contributed by atoms with Crippen LogP contribution >= 0.6 is 0 Å². The summed E-state index contributed by atoms with van der Waals surface area (Å²) in [5.41, 5.74) is 5.90. The summed E-state index contributed by atoms with van der Waals surface area (Å²) in [6, 6.07) is 20.2. The van der Waals surface area contributed by atoms with Gasteiger partial charge in [-0.3, -0.25) is 9.59 Å². The van der Waals surface area contributed by atoms with Crippen molar-refractivity contribution in [1.29, 1.82) is 0 Å². The Morgan fingerprint density at radius 2 is 0.770 bits per heavy atom. The smallest absolute Gasteiger partial charge is 0.306 e. The van der Waals surface area contributed by atoms with Gasteiger partial charge in [-0.25, -0.2) is 0 Å². The zero-order chi connectivity index (χ0) is 54.9. The number of rotatable bonds is 18. The zero-order valence-electron chi connectivity index (χ0n) is 45.4. The highest BCUT2D eigenvalue weighted by molar-refractivity contribution is 6.25. The molecule has 0 spiro atoms. The number of esters is 2.